The fourth-order valence-corrected chi connectivity index (χ4v) is 2.45. The Bertz CT molecular complexity index is 500. The van der Waals surface area contributed by atoms with Gasteiger partial charge in [-0.3, -0.25) is 0 Å². The molecular weight excluding hydrogens is 246 g/mol. The lowest BCUT2D eigenvalue weighted by Crippen LogP contribution is -2.21. The topological polar surface area (TPSA) is 55.6 Å². The second kappa shape index (κ2) is 5.58. The lowest BCUT2D eigenvalue weighted by molar-refractivity contribution is 0.538. The van der Waals surface area contributed by atoms with Crippen LogP contribution in [-0.4, -0.2) is 25.8 Å². The summed E-state index contributed by atoms with van der Waals surface area (Å²) >= 11 is 1.67. The Labute approximate surface area is 111 Å². The summed E-state index contributed by atoms with van der Waals surface area (Å²) in [7, 11) is 0. The second-order valence-corrected chi connectivity index (χ2v) is 5.89. The van der Waals surface area contributed by atoms with Crippen molar-refractivity contribution in [3.63, 3.8) is 0 Å². The van der Waals surface area contributed by atoms with Crippen molar-refractivity contribution >= 4 is 11.3 Å². The lowest BCUT2D eigenvalue weighted by atomic mass is 10.4. The molecule has 98 valence electrons. The predicted octanol–water partition coefficient (Wildman–Crippen LogP) is 2.48. The first kappa shape index (κ1) is 13.2. The van der Waals surface area contributed by atoms with Gasteiger partial charge in [-0.25, -0.2) is 14.6 Å². The van der Waals surface area contributed by atoms with Crippen LogP contribution in [0.2, 0.25) is 0 Å². The monoisotopic (exact) mass is 265 g/mol. The molecule has 6 heteroatoms. The zero-order chi connectivity index (χ0) is 13.1. The summed E-state index contributed by atoms with van der Waals surface area (Å²) < 4.78 is 1.92. The van der Waals surface area contributed by atoms with Crippen LogP contribution in [0.25, 0.3) is 10.7 Å². The molecule has 0 spiro atoms. The highest BCUT2D eigenvalue weighted by Gasteiger charge is 2.13. The predicted molar refractivity (Wildman–Crippen MR) is 73.5 cm³/mol. The molecule has 0 radical (unpaired) electrons. The van der Waals surface area contributed by atoms with Crippen molar-refractivity contribution in [2.24, 2.45) is 0 Å². The minimum Gasteiger partial charge on any atom is -0.308 e. The fraction of sp³-hybridized carbons (Fsp3) is 0.583. The number of rotatable bonds is 5. The maximum atomic E-state index is 4.42. The number of nitrogens with one attached hydrogen (secondary N) is 1. The molecule has 0 aliphatic heterocycles. The molecule has 1 N–H and O–H groups in total. The molecular formula is C12H19N5S. The van der Waals surface area contributed by atoms with Crippen LogP contribution in [-0.2, 0) is 6.54 Å². The van der Waals surface area contributed by atoms with Gasteiger partial charge in [0.2, 0.25) is 0 Å². The number of nitrogens with zero attached hydrogens (tertiary/aromatic N) is 4. The van der Waals surface area contributed by atoms with Gasteiger partial charge < -0.3 is 5.32 Å². The van der Waals surface area contributed by atoms with E-state index in [2.05, 4.69) is 48.1 Å². The van der Waals surface area contributed by atoms with Gasteiger partial charge in [0.05, 0.1) is 4.88 Å². The molecule has 2 heterocycles. The van der Waals surface area contributed by atoms with E-state index in [1.54, 1.807) is 17.7 Å². The third-order valence-electron chi connectivity index (χ3n) is 2.50. The molecule has 0 amide bonds. The molecule has 0 unspecified atom stereocenters. The highest BCUT2D eigenvalue weighted by molar-refractivity contribution is 7.15. The molecule has 5 nitrogen and oxygen atoms in total. The Morgan fingerprint density at radius 1 is 1.28 bits per heavy atom. The first-order chi connectivity index (χ1) is 8.58. The second-order valence-electron chi connectivity index (χ2n) is 4.78. The minimum absolute atomic E-state index is 0.307. The summed E-state index contributed by atoms with van der Waals surface area (Å²) in [6, 6.07) is 0.776. The van der Waals surface area contributed by atoms with Gasteiger partial charge in [-0.1, -0.05) is 13.8 Å². The van der Waals surface area contributed by atoms with E-state index >= 15 is 0 Å². The van der Waals surface area contributed by atoms with E-state index in [0.717, 1.165) is 22.3 Å². The van der Waals surface area contributed by atoms with Gasteiger partial charge in [0, 0.05) is 24.8 Å². The van der Waals surface area contributed by atoms with Crippen LogP contribution in [0.4, 0.5) is 0 Å². The highest BCUT2D eigenvalue weighted by Crippen LogP contribution is 2.25. The molecule has 2 aromatic rings. The van der Waals surface area contributed by atoms with Crippen LogP contribution in [0, 0.1) is 0 Å². The number of thiazole rings is 1. The van der Waals surface area contributed by atoms with Gasteiger partial charge in [0.15, 0.2) is 5.82 Å². The maximum absolute atomic E-state index is 4.42. The SMILES string of the molecule is CC(C)NCc1ncc(-c2ncnn2C(C)C)s1. The molecule has 0 aliphatic rings. The van der Waals surface area contributed by atoms with E-state index in [4.69, 9.17) is 0 Å². The van der Waals surface area contributed by atoms with E-state index in [-0.39, 0.29) is 0 Å². The molecule has 0 atom stereocenters. The van der Waals surface area contributed by atoms with E-state index in [1.807, 2.05) is 10.9 Å². The quantitative estimate of drug-likeness (QED) is 0.902. The van der Waals surface area contributed by atoms with Gasteiger partial charge in [-0.05, 0) is 13.8 Å². The van der Waals surface area contributed by atoms with E-state index in [0.29, 0.717) is 12.1 Å². The van der Waals surface area contributed by atoms with Crippen molar-refractivity contribution in [3.05, 3.63) is 17.5 Å². The minimum atomic E-state index is 0.307. The summed E-state index contributed by atoms with van der Waals surface area (Å²) in [4.78, 5) is 9.81. The fourth-order valence-electron chi connectivity index (χ4n) is 1.59. The average molecular weight is 265 g/mol. The first-order valence-corrected chi connectivity index (χ1v) is 6.97. The van der Waals surface area contributed by atoms with Crippen LogP contribution < -0.4 is 5.32 Å². The molecule has 0 fully saturated rings. The van der Waals surface area contributed by atoms with Crippen molar-refractivity contribution in [1.82, 2.24) is 25.1 Å². The van der Waals surface area contributed by atoms with E-state index < -0.39 is 0 Å². The standard InChI is InChI=1S/C12H19N5S/c1-8(2)13-6-11-14-5-10(18-11)12-15-7-16-17(12)9(3)4/h5,7-9,13H,6H2,1-4H3. The van der Waals surface area contributed by atoms with Crippen molar-refractivity contribution in [1.29, 1.82) is 0 Å². The third kappa shape index (κ3) is 2.94. The Kier molecular flexibility index (Phi) is 4.08. The van der Waals surface area contributed by atoms with Gasteiger partial charge >= 0.3 is 0 Å². The van der Waals surface area contributed by atoms with Crippen LogP contribution in [0.15, 0.2) is 12.5 Å². The van der Waals surface area contributed by atoms with Crippen LogP contribution in [0.1, 0.15) is 38.7 Å². The van der Waals surface area contributed by atoms with Gasteiger partial charge in [0.1, 0.15) is 11.3 Å². The molecule has 0 aliphatic carbocycles. The molecule has 2 rings (SSSR count). The Morgan fingerprint density at radius 2 is 2.06 bits per heavy atom. The number of hydrogen-bond acceptors (Lipinski definition) is 5. The zero-order valence-electron chi connectivity index (χ0n) is 11.2. The van der Waals surface area contributed by atoms with Gasteiger partial charge in [0.25, 0.3) is 0 Å². The molecule has 0 bridgehead atoms. The average Bonchev–Trinajstić information content (AvgIpc) is 2.94. The molecule has 0 aromatic carbocycles. The third-order valence-corrected chi connectivity index (χ3v) is 3.49. The summed E-state index contributed by atoms with van der Waals surface area (Å²) in [5, 5.41) is 8.69. The number of hydrogen-bond donors (Lipinski definition) is 1. The molecule has 0 saturated heterocycles. The van der Waals surface area contributed by atoms with Crippen molar-refractivity contribution in [2.45, 2.75) is 46.3 Å². The molecule has 2 aromatic heterocycles. The number of aromatic nitrogens is 4. The van der Waals surface area contributed by atoms with Crippen LogP contribution in [0.5, 0.6) is 0 Å². The summed E-state index contributed by atoms with van der Waals surface area (Å²) in [5.74, 6) is 0.901. The van der Waals surface area contributed by atoms with Gasteiger partial charge in [-0.2, -0.15) is 5.10 Å². The van der Waals surface area contributed by atoms with Crippen molar-refractivity contribution in [2.75, 3.05) is 0 Å². The normalized spacial score (nSPS) is 11.7. The summed E-state index contributed by atoms with van der Waals surface area (Å²) in [6.07, 6.45) is 3.48. The summed E-state index contributed by atoms with van der Waals surface area (Å²) in [6.45, 7) is 9.26. The van der Waals surface area contributed by atoms with Crippen molar-refractivity contribution < 1.29 is 0 Å². The van der Waals surface area contributed by atoms with Gasteiger partial charge in [-0.15, -0.1) is 11.3 Å². The Hall–Kier alpha value is -1.27. The largest absolute Gasteiger partial charge is 0.308 e. The van der Waals surface area contributed by atoms with Crippen LogP contribution >= 0.6 is 11.3 Å². The van der Waals surface area contributed by atoms with Crippen LogP contribution in [0.3, 0.4) is 0 Å². The smallest absolute Gasteiger partial charge is 0.170 e. The van der Waals surface area contributed by atoms with Crippen molar-refractivity contribution in [3.8, 4) is 10.7 Å². The van der Waals surface area contributed by atoms with E-state index in [1.165, 1.54) is 0 Å². The first-order valence-electron chi connectivity index (χ1n) is 6.16. The maximum Gasteiger partial charge on any atom is 0.170 e. The zero-order valence-corrected chi connectivity index (χ0v) is 12.0. The lowest BCUT2D eigenvalue weighted by Gasteiger charge is -2.07. The molecule has 0 saturated carbocycles. The highest BCUT2D eigenvalue weighted by atomic mass is 32.1. The molecule has 18 heavy (non-hydrogen) atoms. The Balaban J connectivity index is 2.16. The van der Waals surface area contributed by atoms with E-state index in [9.17, 15) is 0 Å². The Morgan fingerprint density at radius 3 is 2.72 bits per heavy atom. The summed E-state index contributed by atoms with van der Waals surface area (Å²) in [5.41, 5.74) is 0.